The van der Waals surface area contributed by atoms with Gasteiger partial charge in [-0.1, -0.05) is 36.0 Å². The zero-order chi connectivity index (χ0) is 16.9. The predicted molar refractivity (Wildman–Crippen MR) is 97.9 cm³/mol. The van der Waals surface area contributed by atoms with E-state index in [1.165, 1.54) is 11.8 Å². The first kappa shape index (κ1) is 16.1. The van der Waals surface area contributed by atoms with Crippen molar-refractivity contribution in [3.63, 3.8) is 0 Å². The number of H-pyrrole nitrogens is 1. The standard InChI is InChI=1S/C17H16N4O2S/c1-23-14-9-5-4-8-13(14)20-17(18)24-10-15-19-12-7-3-2-6-11(12)16(22)21-15/h2-9H,10H2,1H3,(H2,18,20)(H,19,21,22). The van der Waals surface area contributed by atoms with E-state index in [-0.39, 0.29) is 5.56 Å². The molecule has 7 heteroatoms. The smallest absolute Gasteiger partial charge is 0.258 e. The summed E-state index contributed by atoms with van der Waals surface area (Å²) in [6.07, 6.45) is 0. The third-order valence-corrected chi connectivity index (χ3v) is 4.14. The quantitative estimate of drug-likeness (QED) is 0.563. The SMILES string of the molecule is COc1ccccc1N=C(N)SCc1nc2ccccc2c(=O)[nH]1. The van der Waals surface area contributed by atoms with Gasteiger partial charge in [0.15, 0.2) is 5.17 Å². The van der Waals surface area contributed by atoms with Gasteiger partial charge in [0, 0.05) is 0 Å². The van der Waals surface area contributed by atoms with E-state index in [4.69, 9.17) is 10.5 Å². The van der Waals surface area contributed by atoms with Gasteiger partial charge in [-0.25, -0.2) is 9.98 Å². The zero-order valence-corrected chi connectivity index (χ0v) is 13.8. The first-order valence-electron chi connectivity index (χ1n) is 7.25. The highest BCUT2D eigenvalue weighted by molar-refractivity contribution is 8.13. The van der Waals surface area contributed by atoms with Gasteiger partial charge in [0.25, 0.3) is 5.56 Å². The molecule has 0 bridgehead atoms. The highest BCUT2D eigenvalue weighted by Crippen LogP contribution is 2.27. The highest BCUT2D eigenvalue weighted by Gasteiger charge is 2.06. The monoisotopic (exact) mass is 340 g/mol. The lowest BCUT2D eigenvalue weighted by Gasteiger charge is -2.05. The van der Waals surface area contributed by atoms with E-state index in [1.54, 1.807) is 13.2 Å². The molecule has 0 fully saturated rings. The minimum atomic E-state index is -0.156. The van der Waals surface area contributed by atoms with Crippen LogP contribution in [0.25, 0.3) is 10.9 Å². The van der Waals surface area contributed by atoms with E-state index in [9.17, 15) is 4.79 Å². The number of rotatable bonds is 4. The second-order valence-corrected chi connectivity index (χ2v) is 5.94. The minimum absolute atomic E-state index is 0.156. The van der Waals surface area contributed by atoms with Gasteiger partial charge in [-0.15, -0.1) is 0 Å². The molecule has 122 valence electrons. The number of para-hydroxylation sites is 3. The Labute approximate surface area is 142 Å². The number of aromatic amines is 1. The van der Waals surface area contributed by atoms with Crippen molar-refractivity contribution in [2.45, 2.75) is 5.75 Å². The zero-order valence-electron chi connectivity index (χ0n) is 13.0. The Bertz CT molecular complexity index is 952. The number of fused-ring (bicyclic) bond motifs is 1. The Kier molecular flexibility index (Phi) is 4.81. The number of ether oxygens (including phenoxy) is 1. The molecule has 0 aliphatic rings. The van der Waals surface area contributed by atoms with Crippen molar-refractivity contribution in [2.75, 3.05) is 7.11 Å². The number of aromatic nitrogens is 2. The molecule has 3 aromatic rings. The van der Waals surface area contributed by atoms with Gasteiger partial charge in [-0.05, 0) is 24.3 Å². The summed E-state index contributed by atoms with van der Waals surface area (Å²) in [5.74, 6) is 1.63. The predicted octanol–water partition coefficient (Wildman–Crippen LogP) is 2.81. The Hall–Kier alpha value is -2.80. The molecule has 0 radical (unpaired) electrons. The third-order valence-electron chi connectivity index (χ3n) is 3.33. The van der Waals surface area contributed by atoms with Crippen molar-refractivity contribution in [3.8, 4) is 5.75 Å². The summed E-state index contributed by atoms with van der Waals surface area (Å²) in [5.41, 5.74) is 7.13. The number of nitrogens with one attached hydrogen (secondary N) is 1. The molecule has 0 saturated carbocycles. The van der Waals surface area contributed by atoms with Crippen molar-refractivity contribution in [2.24, 2.45) is 10.7 Å². The summed E-state index contributed by atoms with van der Waals surface area (Å²) >= 11 is 1.30. The molecule has 0 aliphatic heterocycles. The molecule has 3 rings (SSSR count). The van der Waals surface area contributed by atoms with Gasteiger partial charge in [-0.2, -0.15) is 0 Å². The van der Waals surface area contributed by atoms with Crippen molar-refractivity contribution in [3.05, 3.63) is 64.7 Å². The van der Waals surface area contributed by atoms with Crippen LogP contribution >= 0.6 is 11.8 Å². The molecule has 2 aromatic carbocycles. The number of methoxy groups -OCH3 is 1. The molecule has 0 spiro atoms. The molecule has 0 amide bonds. The van der Waals surface area contributed by atoms with Gasteiger partial charge in [-0.3, -0.25) is 4.79 Å². The number of aliphatic imine (C=N–C) groups is 1. The van der Waals surface area contributed by atoms with E-state index in [1.807, 2.05) is 42.5 Å². The summed E-state index contributed by atoms with van der Waals surface area (Å²) in [6.45, 7) is 0. The van der Waals surface area contributed by atoms with Crippen molar-refractivity contribution < 1.29 is 4.74 Å². The van der Waals surface area contributed by atoms with Gasteiger partial charge in [0.1, 0.15) is 17.3 Å². The molecular formula is C17H16N4O2S. The largest absolute Gasteiger partial charge is 0.494 e. The van der Waals surface area contributed by atoms with Crippen molar-refractivity contribution in [1.29, 1.82) is 0 Å². The Morgan fingerprint density at radius 2 is 2.00 bits per heavy atom. The molecule has 24 heavy (non-hydrogen) atoms. The molecule has 1 aromatic heterocycles. The molecule has 3 N–H and O–H groups in total. The Morgan fingerprint density at radius 3 is 2.83 bits per heavy atom. The summed E-state index contributed by atoms with van der Waals surface area (Å²) < 4.78 is 5.24. The topological polar surface area (TPSA) is 93.4 Å². The maximum Gasteiger partial charge on any atom is 0.258 e. The first-order valence-corrected chi connectivity index (χ1v) is 8.24. The van der Waals surface area contributed by atoms with Gasteiger partial charge in [0.05, 0.1) is 23.8 Å². The number of hydrogen-bond donors (Lipinski definition) is 2. The van der Waals surface area contributed by atoms with Crippen LogP contribution in [0.15, 0.2) is 58.3 Å². The fourth-order valence-electron chi connectivity index (χ4n) is 2.22. The number of amidine groups is 1. The van der Waals surface area contributed by atoms with Crippen LogP contribution in [-0.4, -0.2) is 22.2 Å². The van der Waals surface area contributed by atoms with Gasteiger partial charge >= 0.3 is 0 Å². The number of benzene rings is 2. The van der Waals surface area contributed by atoms with Crippen LogP contribution in [0.1, 0.15) is 5.82 Å². The van der Waals surface area contributed by atoms with E-state index < -0.39 is 0 Å². The lowest BCUT2D eigenvalue weighted by molar-refractivity contribution is 0.416. The summed E-state index contributed by atoms with van der Waals surface area (Å²) in [5, 5.41) is 0.942. The van der Waals surface area contributed by atoms with E-state index in [0.29, 0.717) is 39.1 Å². The summed E-state index contributed by atoms with van der Waals surface area (Å²) in [6, 6.07) is 14.6. The highest BCUT2D eigenvalue weighted by atomic mass is 32.2. The summed E-state index contributed by atoms with van der Waals surface area (Å²) in [7, 11) is 1.58. The van der Waals surface area contributed by atoms with Crippen molar-refractivity contribution >= 4 is 33.5 Å². The van der Waals surface area contributed by atoms with E-state index in [0.717, 1.165) is 0 Å². The fourth-order valence-corrected chi connectivity index (χ4v) is 2.80. The molecule has 1 heterocycles. The Morgan fingerprint density at radius 1 is 1.25 bits per heavy atom. The second kappa shape index (κ2) is 7.18. The van der Waals surface area contributed by atoms with E-state index in [2.05, 4.69) is 15.0 Å². The van der Waals surface area contributed by atoms with Gasteiger partial charge < -0.3 is 15.5 Å². The molecule has 0 saturated heterocycles. The van der Waals surface area contributed by atoms with E-state index >= 15 is 0 Å². The normalized spacial score (nSPS) is 11.6. The maximum atomic E-state index is 12.0. The average Bonchev–Trinajstić information content (AvgIpc) is 2.60. The molecule has 0 atom stereocenters. The van der Waals surface area contributed by atoms with Crippen LogP contribution in [-0.2, 0) is 5.75 Å². The number of nitrogens with zero attached hydrogens (tertiary/aromatic N) is 2. The van der Waals surface area contributed by atoms with Crippen LogP contribution in [0.3, 0.4) is 0 Å². The van der Waals surface area contributed by atoms with Crippen LogP contribution in [0, 0.1) is 0 Å². The Balaban J connectivity index is 1.78. The maximum absolute atomic E-state index is 12.0. The fraction of sp³-hybridized carbons (Fsp3) is 0.118. The first-order chi connectivity index (χ1) is 11.7. The minimum Gasteiger partial charge on any atom is -0.494 e. The summed E-state index contributed by atoms with van der Waals surface area (Å²) in [4.78, 5) is 23.6. The second-order valence-electron chi connectivity index (χ2n) is 4.94. The van der Waals surface area contributed by atoms with Crippen molar-refractivity contribution in [1.82, 2.24) is 9.97 Å². The van der Waals surface area contributed by atoms with Crippen LogP contribution < -0.4 is 16.0 Å². The number of thioether (sulfide) groups is 1. The number of nitrogens with two attached hydrogens (primary N) is 1. The molecule has 6 nitrogen and oxygen atoms in total. The van der Waals surface area contributed by atoms with Gasteiger partial charge in [0.2, 0.25) is 0 Å². The lowest BCUT2D eigenvalue weighted by atomic mass is 10.2. The molecular weight excluding hydrogens is 324 g/mol. The van der Waals surface area contributed by atoms with Crippen LogP contribution in [0.5, 0.6) is 5.75 Å². The van der Waals surface area contributed by atoms with Crippen LogP contribution in [0.4, 0.5) is 5.69 Å². The molecule has 0 unspecified atom stereocenters. The third kappa shape index (κ3) is 3.57. The van der Waals surface area contributed by atoms with Crippen LogP contribution in [0.2, 0.25) is 0 Å². The lowest BCUT2D eigenvalue weighted by Crippen LogP contribution is -2.13. The molecule has 0 aliphatic carbocycles. The average molecular weight is 340 g/mol. The number of hydrogen-bond acceptors (Lipinski definition) is 5.